The average molecular weight is 284 g/mol. The summed E-state index contributed by atoms with van der Waals surface area (Å²) in [6.45, 7) is 0. The molecule has 21 heavy (non-hydrogen) atoms. The molecule has 1 unspecified atom stereocenters. The molecule has 1 aromatic carbocycles. The molecule has 1 amide bonds. The number of carbonyl (C=O) groups is 1. The van der Waals surface area contributed by atoms with Crippen molar-refractivity contribution in [2.24, 2.45) is 7.05 Å². The number of rotatable bonds is 3. The number of nitrogens with one attached hydrogen (secondary N) is 2. The standard InChI is InChI=1S/C16H20N4O/c1-17-13-7-4-3-6-11(13)16(21)19-14-8-5-9-15-12(14)10-18-20(15)2/h3-4,6-7,10,14,17H,5,8-9H2,1-2H3,(H,19,21). The molecule has 3 rings (SSSR count). The number of hydrogen-bond acceptors (Lipinski definition) is 3. The first-order chi connectivity index (χ1) is 10.2. The van der Waals surface area contributed by atoms with E-state index in [0.29, 0.717) is 5.56 Å². The first-order valence-corrected chi connectivity index (χ1v) is 7.29. The molecule has 1 atom stereocenters. The fourth-order valence-electron chi connectivity index (χ4n) is 2.99. The van der Waals surface area contributed by atoms with E-state index < -0.39 is 0 Å². The van der Waals surface area contributed by atoms with Crippen LogP contribution in [0, 0.1) is 0 Å². The van der Waals surface area contributed by atoms with Crippen molar-refractivity contribution in [2.75, 3.05) is 12.4 Å². The van der Waals surface area contributed by atoms with E-state index in [4.69, 9.17) is 0 Å². The Morgan fingerprint density at radius 1 is 1.38 bits per heavy atom. The highest BCUT2D eigenvalue weighted by molar-refractivity contribution is 5.99. The Labute approximate surface area is 124 Å². The molecule has 2 aromatic rings. The van der Waals surface area contributed by atoms with Crippen LogP contribution in [0.1, 0.15) is 40.5 Å². The van der Waals surface area contributed by atoms with E-state index in [0.717, 1.165) is 30.5 Å². The SMILES string of the molecule is CNc1ccccc1C(=O)NC1CCCc2c1cnn2C. The summed E-state index contributed by atoms with van der Waals surface area (Å²) in [5.41, 5.74) is 3.90. The highest BCUT2D eigenvalue weighted by atomic mass is 16.1. The van der Waals surface area contributed by atoms with Gasteiger partial charge >= 0.3 is 0 Å². The van der Waals surface area contributed by atoms with Gasteiger partial charge in [0.25, 0.3) is 5.91 Å². The summed E-state index contributed by atoms with van der Waals surface area (Å²) < 4.78 is 1.91. The summed E-state index contributed by atoms with van der Waals surface area (Å²) in [4.78, 5) is 12.5. The fraction of sp³-hybridized carbons (Fsp3) is 0.375. The number of aryl methyl sites for hydroxylation is 1. The molecule has 5 heteroatoms. The second-order valence-electron chi connectivity index (χ2n) is 5.38. The molecule has 1 aliphatic carbocycles. The zero-order valence-corrected chi connectivity index (χ0v) is 12.4. The number of para-hydroxylation sites is 1. The van der Waals surface area contributed by atoms with Gasteiger partial charge in [0.1, 0.15) is 0 Å². The maximum Gasteiger partial charge on any atom is 0.253 e. The Morgan fingerprint density at radius 3 is 3.00 bits per heavy atom. The molecule has 1 aromatic heterocycles. The Balaban J connectivity index is 1.83. The van der Waals surface area contributed by atoms with Crippen molar-refractivity contribution in [1.82, 2.24) is 15.1 Å². The number of fused-ring (bicyclic) bond motifs is 1. The van der Waals surface area contributed by atoms with Gasteiger partial charge in [0.15, 0.2) is 0 Å². The third-order valence-corrected chi connectivity index (χ3v) is 4.12. The number of hydrogen-bond donors (Lipinski definition) is 2. The molecule has 0 fully saturated rings. The Bertz CT molecular complexity index is 662. The summed E-state index contributed by atoms with van der Waals surface area (Å²) in [5.74, 6) is -0.0401. The molecule has 0 saturated heterocycles. The molecule has 0 bridgehead atoms. The first kappa shape index (κ1) is 13.7. The monoisotopic (exact) mass is 284 g/mol. The van der Waals surface area contributed by atoms with Crippen molar-refractivity contribution < 1.29 is 4.79 Å². The van der Waals surface area contributed by atoms with E-state index in [1.165, 1.54) is 5.69 Å². The zero-order chi connectivity index (χ0) is 14.8. The summed E-state index contributed by atoms with van der Waals surface area (Å²) >= 11 is 0. The molecule has 0 radical (unpaired) electrons. The van der Waals surface area contributed by atoms with E-state index in [1.54, 1.807) is 0 Å². The molecule has 5 nitrogen and oxygen atoms in total. The van der Waals surface area contributed by atoms with Gasteiger partial charge in [-0.1, -0.05) is 12.1 Å². The fourth-order valence-corrected chi connectivity index (χ4v) is 2.99. The Hall–Kier alpha value is -2.30. The molecule has 1 aliphatic rings. The Morgan fingerprint density at radius 2 is 2.19 bits per heavy atom. The van der Waals surface area contributed by atoms with Gasteiger partial charge in [-0.05, 0) is 31.4 Å². The number of nitrogens with zero attached hydrogens (tertiary/aromatic N) is 2. The van der Waals surface area contributed by atoms with Crippen LogP contribution in [-0.2, 0) is 13.5 Å². The van der Waals surface area contributed by atoms with Crippen molar-refractivity contribution in [3.05, 3.63) is 47.3 Å². The van der Waals surface area contributed by atoms with Gasteiger partial charge in [-0.15, -0.1) is 0 Å². The smallest absolute Gasteiger partial charge is 0.253 e. The largest absolute Gasteiger partial charge is 0.387 e. The minimum Gasteiger partial charge on any atom is -0.387 e. The maximum absolute atomic E-state index is 12.5. The van der Waals surface area contributed by atoms with Crippen LogP contribution >= 0.6 is 0 Å². The molecule has 0 aliphatic heterocycles. The molecule has 110 valence electrons. The quantitative estimate of drug-likeness (QED) is 0.909. The minimum atomic E-state index is -0.0401. The van der Waals surface area contributed by atoms with Gasteiger partial charge in [-0.25, -0.2) is 0 Å². The maximum atomic E-state index is 12.5. The molecular weight excluding hydrogens is 264 g/mol. The van der Waals surface area contributed by atoms with Gasteiger partial charge in [-0.2, -0.15) is 5.10 Å². The van der Waals surface area contributed by atoms with Crippen molar-refractivity contribution in [1.29, 1.82) is 0 Å². The molecule has 0 spiro atoms. The lowest BCUT2D eigenvalue weighted by atomic mass is 9.92. The van der Waals surface area contributed by atoms with E-state index in [-0.39, 0.29) is 11.9 Å². The van der Waals surface area contributed by atoms with Gasteiger partial charge in [0, 0.05) is 31.0 Å². The van der Waals surface area contributed by atoms with E-state index >= 15 is 0 Å². The van der Waals surface area contributed by atoms with Gasteiger partial charge in [0.05, 0.1) is 17.8 Å². The molecular formula is C16H20N4O. The molecule has 1 heterocycles. The van der Waals surface area contributed by atoms with Crippen molar-refractivity contribution in [3.8, 4) is 0 Å². The van der Waals surface area contributed by atoms with Crippen molar-refractivity contribution in [3.63, 3.8) is 0 Å². The zero-order valence-electron chi connectivity index (χ0n) is 12.4. The van der Waals surface area contributed by atoms with Crippen LogP contribution in [0.3, 0.4) is 0 Å². The average Bonchev–Trinajstić information content (AvgIpc) is 2.90. The lowest BCUT2D eigenvalue weighted by molar-refractivity contribution is 0.0933. The number of anilines is 1. The van der Waals surface area contributed by atoms with Gasteiger partial charge < -0.3 is 10.6 Å². The predicted molar refractivity (Wildman–Crippen MR) is 82.3 cm³/mol. The summed E-state index contributed by atoms with van der Waals surface area (Å²) in [6, 6.07) is 7.61. The van der Waals surface area contributed by atoms with E-state index in [1.807, 2.05) is 49.2 Å². The lowest BCUT2D eigenvalue weighted by Gasteiger charge is -2.24. The summed E-state index contributed by atoms with van der Waals surface area (Å²) in [6.07, 6.45) is 4.95. The second-order valence-corrected chi connectivity index (χ2v) is 5.38. The van der Waals surface area contributed by atoms with Crippen LogP contribution in [0.15, 0.2) is 30.5 Å². The summed E-state index contributed by atoms with van der Waals surface area (Å²) in [5, 5.41) is 10.5. The third kappa shape index (κ3) is 2.51. The highest BCUT2D eigenvalue weighted by Crippen LogP contribution is 2.29. The van der Waals surface area contributed by atoms with E-state index in [2.05, 4.69) is 15.7 Å². The normalized spacial score (nSPS) is 17.1. The van der Waals surface area contributed by atoms with Gasteiger partial charge in [0.2, 0.25) is 0 Å². The van der Waals surface area contributed by atoms with E-state index in [9.17, 15) is 4.79 Å². The van der Waals surface area contributed by atoms with Crippen LogP contribution in [0.5, 0.6) is 0 Å². The third-order valence-electron chi connectivity index (χ3n) is 4.12. The number of aromatic nitrogens is 2. The number of amides is 1. The molecule has 0 saturated carbocycles. The van der Waals surface area contributed by atoms with Crippen LogP contribution in [0.25, 0.3) is 0 Å². The minimum absolute atomic E-state index is 0.0401. The summed E-state index contributed by atoms with van der Waals surface area (Å²) in [7, 11) is 3.78. The van der Waals surface area contributed by atoms with Crippen molar-refractivity contribution >= 4 is 11.6 Å². The Kier molecular flexibility index (Phi) is 3.64. The molecule has 2 N–H and O–H groups in total. The van der Waals surface area contributed by atoms with Gasteiger partial charge in [-0.3, -0.25) is 9.48 Å². The van der Waals surface area contributed by atoms with Crippen LogP contribution < -0.4 is 10.6 Å². The van der Waals surface area contributed by atoms with Crippen LogP contribution in [0.4, 0.5) is 5.69 Å². The van der Waals surface area contributed by atoms with Crippen LogP contribution in [-0.4, -0.2) is 22.7 Å². The first-order valence-electron chi connectivity index (χ1n) is 7.29. The second kappa shape index (κ2) is 5.60. The number of carbonyl (C=O) groups excluding carboxylic acids is 1. The number of benzene rings is 1. The predicted octanol–water partition coefficient (Wildman–Crippen LogP) is 2.27. The lowest BCUT2D eigenvalue weighted by Crippen LogP contribution is -2.31. The highest BCUT2D eigenvalue weighted by Gasteiger charge is 2.25. The topological polar surface area (TPSA) is 59.0 Å². The van der Waals surface area contributed by atoms with Crippen molar-refractivity contribution in [2.45, 2.75) is 25.3 Å². The van der Waals surface area contributed by atoms with Crippen LogP contribution in [0.2, 0.25) is 0 Å².